The molecule has 0 saturated heterocycles. The first-order valence-corrected chi connectivity index (χ1v) is 9.36. The number of hydrogen-bond acceptors (Lipinski definition) is 4. The van der Waals surface area contributed by atoms with Crippen LogP contribution in [0.1, 0.15) is 26.6 Å². The first kappa shape index (κ1) is 18.3. The highest BCUT2D eigenvalue weighted by Gasteiger charge is 2.18. The maximum atomic E-state index is 13.0. The van der Waals surface area contributed by atoms with Gasteiger partial charge in [0.05, 0.1) is 32.9 Å². The molecule has 1 aromatic carbocycles. The quantitative estimate of drug-likeness (QED) is 0.604. The zero-order valence-electron chi connectivity index (χ0n) is 15.3. The van der Waals surface area contributed by atoms with Gasteiger partial charge in [-0.1, -0.05) is 12.1 Å². The largest absolute Gasteiger partial charge is 0.496 e. The van der Waals surface area contributed by atoms with Crippen LogP contribution in [-0.2, 0) is 24.3 Å². The van der Waals surface area contributed by atoms with E-state index in [-0.39, 0.29) is 5.91 Å². The highest BCUT2D eigenvalue weighted by molar-refractivity contribution is 7.11. The molecule has 2 aromatic heterocycles. The maximum Gasteiger partial charge on any atom is 0.227 e. The molecule has 1 amide bonds. The van der Waals surface area contributed by atoms with Crippen molar-refractivity contribution in [3.05, 3.63) is 75.4 Å². The third kappa shape index (κ3) is 4.55. The normalized spacial score (nSPS) is 10.7. The van der Waals surface area contributed by atoms with E-state index in [2.05, 4.69) is 19.1 Å². The predicted octanol–water partition coefficient (Wildman–Crippen LogP) is 4.74. The molecule has 0 aliphatic heterocycles. The fourth-order valence-corrected chi connectivity index (χ4v) is 3.75. The van der Waals surface area contributed by atoms with Crippen molar-refractivity contribution in [1.82, 2.24) is 4.90 Å². The summed E-state index contributed by atoms with van der Waals surface area (Å²) < 4.78 is 10.8. The molecule has 0 radical (unpaired) electrons. The van der Waals surface area contributed by atoms with E-state index in [0.29, 0.717) is 19.5 Å². The number of ether oxygens (including phenoxy) is 1. The van der Waals surface area contributed by atoms with Gasteiger partial charge in [0.1, 0.15) is 11.5 Å². The molecule has 0 bridgehead atoms. The molecule has 0 aliphatic carbocycles. The number of benzene rings is 1. The number of aryl methyl sites for hydroxylation is 2. The van der Waals surface area contributed by atoms with Crippen molar-refractivity contribution >= 4 is 17.2 Å². The summed E-state index contributed by atoms with van der Waals surface area (Å²) in [5, 5.41) is 0. The SMILES string of the molecule is COc1cc(CC(=O)N(Cc2ccco2)Cc2ccc(C)s2)ccc1C. The number of carbonyl (C=O) groups is 1. The van der Waals surface area contributed by atoms with Crippen LogP contribution in [0, 0.1) is 13.8 Å². The Hall–Kier alpha value is -2.53. The molecule has 0 fully saturated rings. The summed E-state index contributed by atoms with van der Waals surface area (Å²) in [6.45, 7) is 5.12. The smallest absolute Gasteiger partial charge is 0.227 e. The van der Waals surface area contributed by atoms with E-state index in [1.165, 1.54) is 9.75 Å². The van der Waals surface area contributed by atoms with Gasteiger partial charge in [0.15, 0.2) is 0 Å². The fourth-order valence-electron chi connectivity index (χ4n) is 2.84. The van der Waals surface area contributed by atoms with Gasteiger partial charge in [-0.25, -0.2) is 0 Å². The van der Waals surface area contributed by atoms with Gasteiger partial charge >= 0.3 is 0 Å². The fraction of sp³-hybridized carbons (Fsp3) is 0.286. The van der Waals surface area contributed by atoms with E-state index in [1.54, 1.807) is 24.7 Å². The summed E-state index contributed by atoms with van der Waals surface area (Å²) in [7, 11) is 1.65. The Kier molecular flexibility index (Phi) is 5.78. The summed E-state index contributed by atoms with van der Waals surface area (Å²) in [6, 6.07) is 13.8. The molecule has 3 aromatic rings. The monoisotopic (exact) mass is 369 g/mol. The third-order valence-electron chi connectivity index (χ3n) is 4.25. The molecule has 0 spiro atoms. The zero-order chi connectivity index (χ0) is 18.5. The van der Waals surface area contributed by atoms with Crippen LogP contribution < -0.4 is 4.74 Å². The van der Waals surface area contributed by atoms with Gasteiger partial charge in [0, 0.05) is 9.75 Å². The lowest BCUT2D eigenvalue weighted by Gasteiger charge is -2.21. The van der Waals surface area contributed by atoms with Crippen molar-refractivity contribution in [2.45, 2.75) is 33.4 Å². The molecular weight excluding hydrogens is 346 g/mol. The Morgan fingerprint density at radius 2 is 2.00 bits per heavy atom. The molecule has 26 heavy (non-hydrogen) atoms. The topological polar surface area (TPSA) is 42.7 Å². The van der Waals surface area contributed by atoms with Crippen LogP contribution in [0.15, 0.2) is 53.1 Å². The molecule has 136 valence electrons. The average molecular weight is 369 g/mol. The second-order valence-corrected chi connectivity index (χ2v) is 7.69. The Balaban J connectivity index is 1.77. The minimum absolute atomic E-state index is 0.0679. The highest BCUT2D eigenvalue weighted by Crippen LogP contribution is 2.22. The molecular formula is C21H23NO3S. The molecule has 0 unspecified atom stereocenters. The third-order valence-corrected chi connectivity index (χ3v) is 5.24. The lowest BCUT2D eigenvalue weighted by atomic mass is 10.1. The predicted molar refractivity (Wildman–Crippen MR) is 103 cm³/mol. The van der Waals surface area contributed by atoms with Crippen LogP contribution in [0.5, 0.6) is 5.75 Å². The van der Waals surface area contributed by atoms with E-state index < -0.39 is 0 Å². The number of rotatable bonds is 7. The summed E-state index contributed by atoms with van der Waals surface area (Å²) in [6.07, 6.45) is 1.97. The van der Waals surface area contributed by atoms with Gasteiger partial charge in [-0.2, -0.15) is 0 Å². The second-order valence-electron chi connectivity index (χ2n) is 6.32. The van der Waals surface area contributed by atoms with E-state index >= 15 is 0 Å². The van der Waals surface area contributed by atoms with Crippen LogP contribution in [0.3, 0.4) is 0 Å². The summed E-state index contributed by atoms with van der Waals surface area (Å²) in [5.74, 6) is 1.66. The minimum Gasteiger partial charge on any atom is -0.496 e. The Labute approximate surface area is 158 Å². The van der Waals surface area contributed by atoms with Gasteiger partial charge in [-0.15, -0.1) is 11.3 Å². The van der Waals surface area contributed by atoms with Gasteiger partial charge in [0.25, 0.3) is 0 Å². The van der Waals surface area contributed by atoms with E-state index in [0.717, 1.165) is 22.6 Å². The van der Waals surface area contributed by atoms with Gasteiger partial charge in [-0.05, 0) is 55.3 Å². The zero-order valence-corrected chi connectivity index (χ0v) is 16.1. The highest BCUT2D eigenvalue weighted by atomic mass is 32.1. The summed E-state index contributed by atoms with van der Waals surface area (Å²) >= 11 is 1.72. The van der Waals surface area contributed by atoms with Gasteiger partial charge in [-0.3, -0.25) is 4.79 Å². The first-order valence-electron chi connectivity index (χ1n) is 8.54. The lowest BCUT2D eigenvalue weighted by Crippen LogP contribution is -2.31. The summed E-state index contributed by atoms with van der Waals surface area (Å²) in [5.41, 5.74) is 2.01. The number of hydrogen-bond donors (Lipinski definition) is 0. The molecule has 0 atom stereocenters. The molecule has 0 saturated carbocycles. The van der Waals surface area contributed by atoms with E-state index in [4.69, 9.17) is 9.15 Å². The number of furan rings is 1. The van der Waals surface area contributed by atoms with Crippen LogP contribution in [0.2, 0.25) is 0 Å². The lowest BCUT2D eigenvalue weighted by molar-refractivity contribution is -0.131. The molecule has 0 aliphatic rings. The standard InChI is InChI=1S/C21H23NO3S/c1-15-6-8-17(11-20(15)24-3)12-21(23)22(13-18-5-4-10-25-18)14-19-9-7-16(2)26-19/h4-11H,12-14H2,1-3H3. The van der Waals surface area contributed by atoms with E-state index in [1.807, 2.05) is 42.2 Å². The minimum atomic E-state index is 0.0679. The Morgan fingerprint density at radius 1 is 1.15 bits per heavy atom. The maximum absolute atomic E-state index is 13.0. The molecule has 0 N–H and O–H groups in total. The van der Waals surface area contributed by atoms with Crippen LogP contribution >= 0.6 is 11.3 Å². The number of thiophene rings is 1. The van der Waals surface area contributed by atoms with Crippen LogP contribution in [0.4, 0.5) is 0 Å². The Morgan fingerprint density at radius 3 is 2.65 bits per heavy atom. The molecule has 5 heteroatoms. The number of nitrogens with zero attached hydrogens (tertiary/aromatic N) is 1. The molecule has 4 nitrogen and oxygen atoms in total. The van der Waals surface area contributed by atoms with Gasteiger partial charge in [0.2, 0.25) is 5.91 Å². The van der Waals surface area contributed by atoms with Crippen molar-refractivity contribution in [3.63, 3.8) is 0 Å². The average Bonchev–Trinajstić information content (AvgIpc) is 3.27. The number of methoxy groups -OCH3 is 1. The second kappa shape index (κ2) is 8.23. The Bertz CT molecular complexity index is 867. The number of carbonyl (C=O) groups excluding carboxylic acids is 1. The number of amides is 1. The van der Waals surface area contributed by atoms with Crippen molar-refractivity contribution < 1.29 is 13.9 Å². The van der Waals surface area contributed by atoms with Crippen molar-refractivity contribution in [3.8, 4) is 5.75 Å². The van der Waals surface area contributed by atoms with Crippen molar-refractivity contribution in [1.29, 1.82) is 0 Å². The van der Waals surface area contributed by atoms with E-state index in [9.17, 15) is 4.79 Å². The van der Waals surface area contributed by atoms with Crippen LogP contribution in [0.25, 0.3) is 0 Å². The van der Waals surface area contributed by atoms with Crippen molar-refractivity contribution in [2.75, 3.05) is 7.11 Å². The first-order chi connectivity index (χ1) is 12.5. The van der Waals surface area contributed by atoms with Crippen molar-refractivity contribution in [2.24, 2.45) is 0 Å². The van der Waals surface area contributed by atoms with Gasteiger partial charge < -0.3 is 14.1 Å². The van der Waals surface area contributed by atoms with Crippen LogP contribution in [-0.4, -0.2) is 17.9 Å². The summed E-state index contributed by atoms with van der Waals surface area (Å²) in [4.78, 5) is 17.2. The molecule has 3 rings (SSSR count). The molecule has 2 heterocycles.